The Kier molecular flexibility index (Phi) is 18.0. The normalized spacial score (nSPS) is 26.5. The van der Waals surface area contributed by atoms with Crippen molar-refractivity contribution in [3.05, 3.63) is 0 Å². The zero-order valence-corrected chi connectivity index (χ0v) is 12.9. The first-order valence-electron chi connectivity index (χ1n) is 7.52. The van der Waals surface area contributed by atoms with E-state index < -0.39 is 0 Å². The van der Waals surface area contributed by atoms with E-state index in [1.165, 1.54) is 32.1 Å². The first kappa shape index (κ1) is 19.3. The Morgan fingerprint density at radius 1 is 0.647 bits per heavy atom. The third kappa shape index (κ3) is 13.9. The molecule has 0 saturated carbocycles. The Labute approximate surface area is 109 Å². The predicted molar refractivity (Wildman–Crippen MR) is 76.6 cm³/mol. The maximum Gasteiger partial charge on any atom is 0.0547 e. The van der Waals surface area contributed by atoms with Crippen LogP contribution < -0.4 is 0 Å². The van der Waals surface area contributed by atoms with E-state index in [1.807, 2.05) is 27.7 Å². The maximum absolute atomic E-state index is 5.28. The molecule has 106 valence electrons. The minimum Gasteiger partial charge on any atom is -0.379 e. The van der Waals surface area contributed by atoms with Gasteiger partial charge in [-0.15, -0.1) is 0 Å². The lowest BCUT2D eigenvalue weighted by Gasteiger charge is -2.17. The highest BCUT2D eigenvalue weighted by atomic mass is 16.5. The van der Waals surface area contributed by atoms with E-state index in [0.29, 0.717) is 12.2 Å². The van der Waals surface area contributed by atoms with Crippen molar-refractivity contribution in [2.45, 2.75) is 85.9 Å². The van der Waals surface area contributed by atoms with Crippen LogP contribution in [0, 0.1) is 0 Å². The zero-order chi connectivity index (χ0) is 13.5. The fourth-order valence-corrected chi connectivity index (χ4v) is 1.64. The molecule has 0 N–H and O–H groups in total. The van der Waals surface area contributed by atoms with Crippen LogP contribution in [0.15, 0.2) is 0 Å². The van der Waals surface area contributed by atoms with Gasteiger partial charge in [-0.3, -0.25) is 0 Å². The third-order valence-electron chi connectivity index (χ3n) is 2.56. The van der Waals surface area contributed by atoms with Crippen LogP contribution in [0.2, 0.25) is 0 Å². The van der Waals surface area contributed by atoms with Gasteiger partial charge < -0.3 is 9.47 Å². The maximum atomic E-state index is 5.28. The molecule has 2 heteroatoms. The second-order valence-corrected chi connectivity index (χ2v) is 4.00. The van der Waals surface area contributed by atoms with Gasteiger partial charge >= 0.3 is 0 Å². The molecule has 0 aromatic rings. The van der Waals surface area contributed by atoms with Crippen LogP contribution in [0.5, 0.6) is 0 Å². The Hall–Kier alpha value is -0.0800. The fourth-order valence-electron chi connectivity index (χ4n) is 1.64. The van der Waals surface area contributed by atoms with Gasteiger partial charge in [0, 0.05) is 13.2 Å². The molecule has 2 aliphatic rings. The lowest BCUT2D eigenvalue weighted by atomic mass is 10.1. The minimum absolute atomic E-state index is 0.536. The molecule has 0 aromatic heterocycles. The van der Waals surface area contributed by atoms with Gasteiger partial charge in [-0.2, -0.15) is 0 Å². The van der Waals surface area contributed by atoms with Crippen molar-refractivity contribution in [3.63, 3.8) is 0 Å². The molecule has 0 aliphatic carbocycles. The van der Waals surface area contributed by atoms with E-state index >= 15 is 0 Å². The van der Waals surface area contributed by atoms with Crippen LogP contribution >= 0.6 is 0 Å². The van der Waals surface area contributed by atoms with Gasteiger partial charge in [-0.25, -0.2) is 0 Å². The van der Waals surface area contributed by atoms with Crippen LogP contribution in [-0.2, 0) is 9.47 Å². The summed E-state index contributed by atoms with van der Waals surface area (Å²) in [5.41, 5.74) is 0. The van der Waals surface area contributed by atoms with E-state index in [-0.39, 0.29) is 0 Å². The molecule has 17 heavy (non-hydrogen) atoms. The highest BCUT2D eigenvalue weighted by Gasteiger charge is 2.07. The number of rotatable bonds is 0. The summed E-state index contributed by atoms with van der Waals surface area (Å²) in [5.74, 6) is 0. The lowest BCUT2D eigenvalue weighted by Crippen LogP contribution is -2.14. The summed E-state index contributed by atoms with van der Waals surface area (Å²) in [6, 6.07) is 0. The quantitative estimate of drug-likeness (QED) is 0.610. The molecule has 2 nitrogen and oxygen atoms in total. The van der Waals surface area contributed by atoms with Crippen molar-refractivity contribution in [2.75, 3.05) is 13.2 Å². The van der Waals surface area contributed by atoms with Crippen LogP contribution in [0.3, 0.4) is 0 Å². The molecule has 2 heterocycles. The molecular formula is C15H34O2. The van der Waals surface area contributed by atoms with Gasteiger partial charge in [0.2, 0.25) is 0 Å². The van der Waals surface area contributed by atoms with E-state index in [9.17, 15) is 0 Å². The summed E-state index contributed by atoms with van der Waals surface area (Å²) in [6.07, 6.45) is 7.51. The molecule has 2 rings (SSSR count). The summed E-state index contributed by atoms with van der Waals surface area (Å²) in [4.78, 5) is 0. The van der Waals surface area contributed by atoms with Gasteiger partial charge in [0.05, 0.1) is 12.2 Å². The predicted octanol–water partition coefficient (Wildman–Crippen LogP) is 4.81. The highest BCUT2D eigenvalue weighted by Crippen LogP contribution is 2.10. The average molecular weight is 246 g/mol. The summed E-state index contributed by atoms with van der Waals surface area (Å²) < 4.78 is 10.4. The highest BCUT2D eigenvalue weighted by molar-refractivity contribution is 4.56. The molecule has 2 aliphatic heterocycles. The summed E-state index contributed by atoms with van der Waals surface area (Å²) in [6.45, 7) is 14.2. The molecule has 0 amide bonds. The van der Waals surface area contributed by atoms with Crippen LogP contribution in [0.25, 0.3) is 0 Å². The van der Waals surface area contributed by atoms with E-state index in [2.05, 4.69) is 13.8 Å². The van der Waals surface area contributed by atoms with Gasteiger partial charge in [0.1, 0.15) is 0 Å². The molecule has 2 atom stereocenters. The van der Waals surface area contributed by atoms with Crippen LogP contribution in [0.1, 0.15) is 73.6 Å². The molecule has 0 radical (unpaired) electrons. The van der Waals surface area contributed by atoms with Crippen molar-refractivity contribution < 1.29 is 9.47 Å². The summed E-state index contributed by atoms with van der Waals surface area (Å²) >= 11 is 0. The molecule has 0 aromatic carbocycles. The van der Waals surface area contributed by atoms with Crippen molar-refractivity contribution in [3.8, 4) is 0 Å². The Bertz CT molecular complexity index is 114. The number of hydrogen-bond donors (Lipinski definition) is 0. The van der Waals surface area contributed by atoms with Crippen LogP contribution in [0.4, 0.5) is 0 Å². The van der Waals surface area contributed by atoms with Crippen molar-refractivity contribution in [2.24, 2.45) is 0 Å². The van der Waals surface area contributed by atoms with E-state index in [1.54, 1.807) is 0 Å². The largest absolute Gasteiger partial charge is 0.379 e. The number of hydrogen-bond acceptors (Lipinski definition) is 2. The van der Waals surface area contributed by atoms with Crippen LogP contribution in [-0.4, -0.2) is 25.4 Å². The molecule has 2 saturated heterocycles. The standard InChI is InChI=1S/C6H12O.C5H10O.2C2H6/c1-6-4-2-3-5-7-6;1-5-3-2-4-6-5;2*1-2/h6H,2-5H2,1H3;5H,2-4H2,1H3;2*1-2H3. The van der Waals surface area contributed by atoms with Crippen molar-refractivity contribution in [1.82, 2.24) is 0 Å². The van der Waals surface area contributed by atoms with Gasteiger partial charge in [0.25, 0.3) is 0 Å². The van der Waals surface area contributed by atoms with Gasteiger partial charge in [-0.05, 0) is 46.0 Å². The minimum atomic E-state index is 0.536. The SMILES string of the molecule is CC.CC.CC1CCCCO1.CC1CCCO1. The van der Waals surface area contributed by atoms with E-state index in [4.69, 9.17) is 9.47 Å². The van der Waals surface area contributed by atoms with Gasteiger partial charge in [0.15, 0.2) is 0 Å². The monoisotopic (exact) mass is 246 g/mol. The molecule has 2 fully saturated rings. The lowest BCUT2D eigenvalue weighted by molar-refractivity contribution is 0.0285. The second kappa shape index (κ2) is 15.9. The Morgan fingerprint density at radius 2 is 1.06 bits per heavy atom. The molecule has 0 bridgehead atoms. The summed E-state index contributed by atoms with van der Waals surface area (Å²) in [5, 5.41) is 0. The zero-order valence-electron chi connectivity index (χ0n) is 12.9. The van der Waals surface area contributed by atoms with Crippen molar-refractivity contribution in [1.29, 1.82) is 0 Å². The second-order valence-electron chi connectivity index (χ2n) is 4.00. The van der Waals surface area contributed by atoms with Crippen molar-refractivity contribution >= 4 is 0 Å². The smallest absolute Gasteiger partial charge is 0.0547 e. The molecule has 0 spiro atoms. The fraction of sp³-hybridized carbons (Fsp3) is 1.00. The topological polar surface area (TPSA) is 18.5 Å². The molecule has 2 unspecified atom stereocenters. The van der Waals surface area contributed by atoms with Gasteiger partial charge in [-0.1, -0.05) is 27.7 Å². The summed E-state index contributed by atoms with van der Waals surface area (Å²) in [7, 11) is 0. The third-order valence-corrected chi connectivity index (χ3v) is 2.56. The van der Waals surface area contributed by atoms with E-state index in [0.717, 1.165) is 13.2 Å². The first-order valence-corrected chi connectivity index (χ1v) is 7.52. The Balaban J connectivity index is 0. The Morgan fingerprint density at radius 3 is 1.24 bits per heavy atom. The number of ether oxygens (including phenoxy) is 2. The average Bonchev–Trinajstić information content (AvgIpc) is 2.87. The molecular weight excluding hydrogens is 212 g/mol. The first-order chi connectivity index (χ1) is 8.29.